The van der Waals surface area contributed by atoms with Crippen LogP contribution in [0.3, 0.4) is 0 Å². The smallest absolute Gasteiger partial charge is 0.216 e. The molecule has 0 radical (unpaired) electrons. The van der Waals surface area contributed by atoms with E-state index in [-0.39, 0.29) is 6.61 Å². The van der Waals surface area contributed by atoms with Crippen molar-refractivity contribution in [1.29, 1.82) is 0 Å². The van der Waals surface area contributed by atoms with Gasteiger partial charge in [0.2, 0.25) is 4.77 Å². The Kier molecular flexibility index (Phi) is 6.31. The monoisotopic (exact) mass is 416 g/mol. The van der Waals surface area contributed by atoms with Crippen molar-refractivity contribution in [3.8, 4) is 11.5 Å². The Balaban J connectivity index is 1.43. The number of hydrogen-bond donors (Lipinski definition) is 1. The first kappa shape index (κ1) is 19.6. The van der Waals surface area contributed by atoms with Crippen LogP contribution in [0.4, 0.5) is 0 Å². The summed E-state index contributed by atoms with van der Waals surface area (Å²) in [6.07, 6.45) is 1.71. The van der Waals surface area contributed by atoms with Crippen molar-refractivity contribution in [2.75, 3.05) is 0 Å². The molecule has 30 heavy (non-hydrogen) atoms. The number of nitrogens with one attached hydrogen (secondary N) is 1. The molecular formula is C23H20N4O2S. The number of benzene rings is 3. The van der Waals surface area contributed by atoms with E-state index in [0.29, 0.717) is 17.2 Å². The second kappa shape index (κ2) is 9.67. The fraction of sp³-hybridized carbons (Fsp3) is 0.0870. The maximum Gasteiger partial charge on any atom is 0.216 e. The van der Waals surface area contributed by atoms with Crippen LogP contribution < -0.4 is 9.47 Å². The molecule has 0 amide bonds. The first-order valence-electron chi connectivity index (χ1n) is 9.43. The normalized spacial score (nSPS) is 10.9. The van der Waals surface area contributed by atoms with Gasteiger partial charge in [-0.2, -0.15) is 14.9 Å². The van der Waals surface area contributed by atoms with Gasteiger partial charge in [0.25, 0.3) is 0 Å². The van der Waals surface area contributed by atoms with Gasteiger partial charge in [0.15, 0.2) is 5.82 Å². The number of para-hydroxylation sites is 1. The number of aromatic amines is 1. The van der Waals surface area contributed by atoms with Gasteiger partial charge in [-0.1, -0.05) is 60.7 Å². The molecule has 0 saturated carbocycles. The molecule has 0 aliphatic heterocycles. The highest BCUT2D eigenvalue weighted by atomic mass is 32.1. The minimum atomic E-state index is 0.245. The zero-order valence-corrected chi connectivity index (χ0v) is 17.0. The molecule has 3 aromatic carbocycles. The Morgan fingerprint density at radius 3 is 2.37 bits per heavy atom. The summed E-state index contributed by atoms with van der Waals surface area (Å²) in [5, 5.41) is 11.4. The highest BCUT2D eigenvalue weighted by Gasteiger charge is 2.06. The second-order valence-corrected chi connectivity index (χ2v) is 6.84. The molecule has 6 nitrogen and oxygen atoms in total. The van der Waals surface area contributed by atoms with Crippen molar-refractivity contribution in [1.82, 2.24) is 14.9 Å². The molecule has 0 bridgehead atoms. The van der Waals surface area contributed by atoms with Crippen molar-refractivity contribution in [3.05, 3.63) is 107 Å². The summed E-state index contributed by atoms with van der Waals surface area (Å²) in [7, 11) is 0. The van der Waals surface area contributed by atoms with E-state index in [9.17, 15) is 0 Å². The lowest BCUT2D eigenvalue weighted by Crippen LogP contribution is -2.04. The van der Waals surface area contributed by atoms with Crippen LogP contribution in [0.2, 0.25) is 0 Å². The van der Waals surface area contributed by atoms with Crippen LogP contribution in [-0.4, -0.2) is 21.1 Å². The molecule has 7 heteroatoms. The Morgan fingerprint density at radius 2 is 1.57 bits per heavy atom. The van der Waals surface area contributed by atoms with Crippen LogP contribution in [0.25, 0.3) is 0 Å². The van der Waals surface area contributed by atoms with Gasteiger partial charge >= 0.3 is 0 Å². The average molecular weight is 417 g/mol. The molecule has 0 aliphatic carbocycles. The van der Waals surface area contributed by atoms with E-state index in [1.165, 1.54) is 0 Å². The minimum Gasteiger partial charge on any atom is -0.489 e. The number of hydrogen-bond acceptors (Lipinski definition) is 5. The Bertz CT molecular complexity index is 1170. The minimum absolute atomic E-state index is 0.245. The van der Waals surface area contributed by atoms with E-state index in [2.05, 4.69) is 15.3 Å². The summed E-state index contributed by atoms with van der Waals surface area (Å²) >= 11 is 5.29. The molecule has 150 valence electrons. The fourth-order valence-electron chi connectivity index (χ4n) is 2.75. The molecule has 1 heterocycles. The molecule has 4 rings (SSSR count). The first-order chi connectivity index (χ1) is 14.8. The van der Waals surface area contributed by atoms with E-state index in [1.54, 1.807) is 10.9 Å². The van der Waals surface area contributed by atoms with Crippen molar-refractivity contribution in [2.24, 2.45) is 5.10 Å². The van der Waals surface area contributed by atoms with Crippen LogP contribution in [0.1, 0.15) is 17.0 Å². The molecule has 0 unspecified atom stereocenters. The van der Waals surface area contributed by atoms with E-state index in [0.717, 1.165) is 22.6 Å². The lowest BCUT2D eigenvalue weighted by molar-refractivity contribution is 0.290. The van der Waals surface area contributed by atoms with Crippen LogP contribution >= 0.6 is 12.2 Å². The number of nitrogens with zero attached hydrogens (tertiary/aromatic N) is 3. The quantitative estimate of drug-likeness (QED) is 0.325. The van der Waals surface area contributed by atoms with Gasteiger partial charge in [-0.25, -0.2) is 5.10 Å². The van der Waals surface area contributed by atoms with E-state index in [1.807, 2.05) is 84.9 Å². The third kappa shape index (κ3) is 5.21. The Morgan fingerprint density at radius 1 is 0.867 bits per heavy atom. The van der Waals surface area contributed by atoms with Crippen molar-refractivity contribution < 1.29 is 9.47 Å². The summed E-state index contributed by atoms with van der Waals surface area (Å²) in [4.78, 5) is 0. The second-order valence-electron chi connectivity index (χ2n) is 6.45. The van der Waals surface area contributed by atoms with Crippen LogP contribution in [-0.2, 0) is 13.2 Å². The molecule has 0 saturated heterocycles. The number of ether oxygens (including phenoxy) is 2. The number of aromatic nitrogens is 3. The highest BCUT2D eigenvalue weighted by Crippen LogP contribution is 2.15. The summed E-state index contributed by atoms with van der Waals surface area (Å²) in [6, 6.07) is 27.3. The van der Waals surface area contributed by atoms with Gasteiger partial charge in [-0.3, -0.25) is 0 Å². The van der Waals surface area contributed by atoms with E-state index < -0.39 is 0 Å². The predicted molar refractivity (Wildman–Crippen MR) is 118 cm³/mol. The zero-order chi connectivity index (χ0) is 20.6. The lowest BCUT2D eigenvalue weighted by Gasteiger charge is -2.07. The molecule has 0 aliphatic rings. The molecule has 0 spiro atoms. The SMILES string of the molecule is S=c1[nH]nc(COc2ccccc2)n1/N=C/c1cccc(OCc2ccccc2)c1. The van der Waals surface area contributed by atoms with Gasteiger partial charge in [0, 0.05) is 0 Å². The zero-order valence-electron chi connectivity index (χ0n) is 16.1. The largest absolute Gasteiger partial charge is 0.489 e. The van der Waals surface area contributed by atoms with E-state index >= 15 is 0 Å². The fourth-order valence-corrected chi connectivity index (χ4v) is 2.95. The van der Waals surface area contributed by atoms with Crippen molar-refractivity contribution >= 4 is 18.4 Å². The number of H-pyrrole nitrogens is 1. The van der Waals surface area contributed by atoms with Gasteiger partial charge < -0.3 is 9.47 Å². The molecule has 0 fully saturated rings. The van der Waals surface area contributed by atoms with Crippen LogP contribution in [0.5, 0.6) is 11.5 Å². The topological polar surface area (TPSA) is 64.4 Å². The Hall–Kier alpha value is -3.71. The third-order valence-corrected chi connectivity index (χ3v) is 4.52. The number of rotatable bonds is 8. The van der Waals surface area contributed by atoms with Crippen molar-refractivity contribution in [2.45, 2.75) is 13.2 Å². The van der Waals surface area contributed by atoms with Crippen LogP contribution in [0, 0.1) is 4.77 Å². The third-order valence-electron chi connectivity index (χ3n) is 4.26. The molecule has 1 N–H and O–H groups in total. The van der Waals surface area contributed by atoms with Gasteiger partial charge in [-0.15, -0.1) is 0 Å². The van der Waals surface area contributed by atoms with Gasteiger partial charge in [0.1, 0.15) is 24.7 Å². The van der Waals surface area contributed by atoms with Crippen LogP contribution in [0.15, 0.2) is 90.0 Å². The van der Waals surface area contributed by atoms with Gasteiger partial charge in [-0.05, 0) is 47.6 Å². The summed E-state index contributed by atoms with van der Waals surface area (Å²) in [6.45, 7) is 0.754. The summed E-state index contributed by atoms with van der Waals surface area (Å²) in [5.41, 5.74) is 2.00. The summed E-state index contributed by atoms with van der Waals surface area (Å²) in [5.74, 6) is 2.10. The molecular weight excluding hydrogens is 396 g/mol. The van der Waals surface area contributed by atoms with E-state index in [4.69, 9.17) is 21.7 Å². The standard InChI is InChI=1S/C23H20N4O2S/c30-23-26-25-22(17-29-20-11-5-2-6-12-20)27(23)24-15-19-10-7-13-21(14-19)28-16-18-8-3-1-4-9-18/h1-15H,16-17H2,(H,26,30)/b24-15+. The Labute approximate surface area is 179 Å². The van der Waals surface area contributed by atoms with Crippen molar-refractivity contribution in [3.63, 3.8) is 0 Å². The maximum atomic E-state index is 5.88. The molecule has 4 aromatic rings. The van der Waals surface area contributed by atoms with Gasteiger partial charge in [0.05, 0.1) is 6.21 Å². The average Bonchev–Trinajstić information content (AvgIpc) is 3.16. The first-order valence-corrected chi connectivity index (χ1v) is 9.84. The summed E-state index contributed by atoms with van der Waals surface area (Å²) < 4.78 is 13.6. The highest BCUT2D eigenvalue weighted by molar-refractivity contribution is 7.71. The molecule has 1 aromatic heterocycles. The predicted octanol–water partition coefficient (Wildman–Crippen LogP) is 4.98. The molecule has 0 atom stereocenters. The lowest BCUT2D eigenvalue weighted by atomic mass is 10.2. The maximum absolute atomic E-state index is 5.88.